The molecule has 5 nitrogen and oxygen atoms in total. The fourth-order valence-corrected chi connectivity index (χ4v) is 3.00. The molecule has 1 fully saturated rings. The molecule has 0 saturated carbocycles. The van der Waals surface area contributed by atoms with Crippen LogP contribution in [0.2, 0.25) is 5.02 Å². The van der Waals surface area contributed by atoms with E-state index in [2.05, 4.69) is 21.3 Å². The minimum atomic E-state index is -0.0294. The first-order valence-electron chi connectivity index (χ1n) is 7.09. The Kier molecular flexibility index (Phi) is 3.86. The Morgan fingerprint density at radius 3 is 3.05 bits per heavy atom. The third-order valence-electron chi connectivity index (χ3n) is 4.01. The predicted octanol–water partition coefficient (Wildman–Crippen LogP) is 2.33. The van der Waals surface area contributed by atoms with Gasteiger partial charge in [0, 0.05) is 30.5 Å². The van der Waals surface area contributed by atoms with Gasteiger partial charge in [-0.05, 0) is 30.7 Å². The third-order valence-corrected chi connectivity index (χ3v) is 4.24. The van der Waals surface area contributed by atoms with Gasteiger partial charge in [-0.15, -0.1) is 0 Å². The summed E-state index contributed by atoms with van der Waals surface area (Å²) in [7, 11) is 1.65. The van der Waals surface area contributed by atoms with E-state index in [0.29, 0.717) is 17.1 Å². The third kappa shape index (κ3) is 2.58. The molecule has 1 aliphatic rings. The molecule has 112 valence electrons. The summed E-state index contributed by atoms with van der Waals surface area (Å²) in [6.45, 7) is 1.38. The van der Waals surface area contributed by atoms with Gasteiger partial charge in [-0.25, -0.2) is 4.98 Å². The summed E-state index contributed by atoms with van der Waals surface area (Å²) in [5.74, 6) is 0.756. The zero-order valence-corrected chi connectivity index (χ0v) is 12.9. The molecule has 1 aromatic carbocycles. The van der Waals surface area contributed by atoms with E-state index in [-0.39, 0.29) is 11.8 Å². The van der Waals surface area contributed by atoms with Crippen LogP contribution in [0.25, 0.3) is 10.9 Å². The van der Waals surface area contributed by atoms with Crippen molar-refractivity contribution < 1.29 is 4.79 Å². The molecule has 6 heteroatoms. The zero-order valence-electron chi connectivity index (χ0n) is 12.1. The first kappa shape index (κ1) is 14.6. The van der Waals surface area contributed by atoms with Crippen LogP contribution in [0.15, 0.2) is 24.3 Å². The summed E-state index contributed by atoms with van der Waals surface area (Å²) in [5.41, 5.74) is 1.28. The Hall–Kier alpha value is -2.32. The highest BCUT2D eigenvalue weighted by molar-refractivity contribution is 6.31. The Bertz CT molecular complexity index is 784. The van der Waals surface area contributed by atoms with Crippen molar-refractivity contribution in [2.75, 3.05) is 25.0 Å². The molecule has 1 aliphatic heterocycles. The van der Waals surface area contributed by atoms with Crippen LogP contribution in [0.1, 0.15) is 12.0 Å². The summed E-state index contributed by atoms with van der Waals surface area (Å²) < 4.78 is 0. The molecule has 1 saturated heterocycles. The number of halogens is 1. The van der Waals surface area contributed by atoms with Crippen LogP contribution in [0.4, 0.5) is 5.82 Å². The highest BCUT2D eigenvalue weighted by Gasteiger charge is 2.28. The summed E-state index contributed by atoms with van der Waals surface area (Å²) in [6.07, 6.45) is 0.794. The van der Waals surface area contributed by atoms with Gasteiger partial charge >= 0.3 is 0 Å². The summed E-state index contributed by atoms with van der Waals surface area (Å²) in [4.78, 5) is 18.4. The van der Waals surface area contributed by atoms with E-state index in [1.807, 2.05) is 6.07 Å². The summed E-state index contributed by atoms with van der Waals surface area (Å²) in [5, 5.41) is 13.4. The van der Waals surface area contributed by atoms with Crippen LogP contribution in [0.3, 0.4) is 0 Å². The minimum absolute atomic E-state index is 0.0294. The molecule has 1 N–H and O–H groups in total. The molecule has 2 aromatic rings. The fraction of sp³-hybridized carbons (Fsp3) is 0.312. The van der Waals surface area contributed by atoms with E-state index in [9.17, 15) is 10.1 Å². The van der Waals surface area contributed by atoms with Crippen LogP contribution in [-0.2, 0) is 4.79 Å². The van der Waals surface area contributed by atoms with E-state index in [1.165, 1.54) is 0 Å². The number of anilines is 1. The molecule has 0 aliphatic carbocycles. The largest absolute Gasteiger partial charge is 0.359 e. The molecule has 0 bridgehead atoms. The predicted molar refractivity (Wildman–Crippen MR) is 85.9 cm³/mol. The van der Waals surface area contributed by atoms with E-state index in [0.717, 1.165) is 29.7 Å². The Morgan fingerprint density at radius 1 is 1.50 bits per heavy atom. The monoisotopic (exact) mass is 314 g/mol. The number of nitrogens with zero attached hydrogens (tertiary/aromatic N) is 3. The lowest BCUT2D eigenvalue weighted by molar-refractivity contribution is -0.123. The molecule has 1 amide bonds. The molecular weight excluding hydrogens is 300 g/mol. The average Bonchev–Trinajstić information content (AvgIpc) is 3.03. The lowest BCUT2D eigenvalue weighted by Crippen LogP contribution is -2.30. The summed E-state index contributed by atoms with van der Waals surface area (Å²) >= 11 is 5.99. The van der Waals surface area contributed by atoms with Crippen molar-refractivity contribution in [3.63, 3.8) is 0 Å². The summed E-state index contributed by atoms with van der Waals surface area (Å²) in [6, 6.07) is 9.30. The van der Waals surface area contributed by atoms with Crippen molar-refractivity contribution in [1.29, 1.82) is 5.26 Å². The van der Waals surface area contributed by atoms with Gasteiger partial charge in [0.1, 0.15) is 5.82 Å². The van der Waals surface area contributed by atoms with Gasteiger partial charge in [-0.3, -0.25) is 4.79 Å². The number of amides is 1. The second-order valence-electron chi connectivity index (χ2n) is 5.35. The minimum Gasteiger partial charge on any atom is -0.359 e. The normalized spacial score (nSPS) is 17.5. The van der Waals surface area contributed by atoms with Crippen LogP contribution < -0.4 is 10.2 Å². The Morgan fingerprint density at radius 2 is 2.32 bits per heavy atom. The van der Waals surface area contributed by atoms with E-state index < -0.39 is 0 Å². The van der Waals surface area contributed by atoms with Crippen molar-refractivity contribution in [2.45, 2.75) is 6.42 Å². The molecule has 1 aromatic heterocycles. The molecule has 22 heavy (non-hydrogen) atoms. The molecule has 1 atom stereocenters. The molecular formula is C16H15ClN4O. The van der Waals surface area contributed by atoms with Gasteiger partial charge in [-0.1, -0.05) is 11.6 Å². The SMILES string of the molecule is CNC(=O)C1CCN(c2cc(C#N)c3cc(Cl)ccc3n2)C1. The number of hydrogen-bond acceptors (Lipinski definition) is 4. The number of benzene rings is 1. The van der Waals surface area contributed by atoms with Crippen LogP contribution >= 0.6 is 11.6 Å². The number of fused-ring (bicyclic) bond motifs is 1. The lowest BCUT2D eigenvalue weighted by Gasteiger charge is -2.18. The van der Waals surface area contributed by atoms with Crippen molar-refractivity contribution in [3.05, 3.63) is 34.9 Å². The smallest absolute Gasteiger partial charge is 0.224 e. The molecule has 2 heterocycles. The highest BCUT2D eigenvalue weighted by Crippen LogP contribution is 2.28. The van der Waals surface area contributed by atoms with Crippen LogP contribution in [-0.4, -0.2) is 31.0 Å². The molecule has 0 spiro atoms. The molecule has 3 rings (SSSR count). The van der Waals surface area contributed by atoms with E-state index in [1.54, 1.807) is 25.2 Å². The van der Waals surface area contributed by atoms with Gasteiger partial charge < -0.3 is 10.2 Å². The molecule has 0 radical (unpaired) electrons. The zero-order chi connectivity index (χ0) is 15.7. The second-order valence-corrected chi connectivity index (χ2v) is 5.78. The van der Waals surface area contributed by atoms with Crippen LogP contribution in [0.5, 0.6) is 0 Å². The number of carbonyl (C=O) groups is 1. The number of carbonyl (C=O) groups excluding carboxylic acids is 1. The highest BCUT2D eigenvalue weighted by atomic mass is 35.5. The van der Waals surface area contributed by atoms with Crippen molar-refractivity contribution >= 4 is 34.2 Å². The number of aromatic nitrogens is 1. The quantitative estimate of drug-likeness (QED) is 0.923. The van der Waals surface area contributed by atoms with Crippen molar-refractivity contribution in [1.82, 2.24) is 10.3 Å². The van der Waals surface area contributed by atoms with Gasteiger partial charge in [0.05, 0.1) is 23.1 Å². The maximum Gasteiger partial charge on any atom is 0.224 e. The van der Waals surface area contributed by atoms with E-state index in [4.69, 9.17) is 11.6 Å². The topological polar surface area (TPSA) is 69.0 Å². The fourth-order valence-electron chi connectivity index (χ4n) is 2.83. The van der Waals surface area contributed by atoms with Crippen molar-refractivity contribution in [3.8, 4) is 6.07 Å². The van der Waals surface area contributed by atoms with Crippen LogP contribution in [0, 0.1) is 17.2 Å². The maximum absolute atomic E-state index is 11.7. The number of nitrogens with one attached hydrogen (secondary N) is 1. The van der Waals surface area contributed by atoms with Crippen molar-refractivity contribution in [2.24, 2.45) is 5.92 Å². The van der Waals surface area contributed by atoms with Gasteiger partial charge in [0.25, 0.3) is 0 Å². The average molecular weight is 315 g/mol. The Balaban J connectivity index is 1.97. The number of pyridine rings is 1. The first-order valence-corrected chi connectivity index (χ1v) is 7.47. The van der Waals surface area contributed by atoms with E-state index >= 15 is 0 Å². The standard InChI is InChI=1S/C16H15ClN4O/c1-19-16(22)10-4-5-21(9-10)15-6-11(8-18)13-7-12(17)2-3-14(13)20-15/h2-3,6-7,10H,4-5,9H2,1H3,(H,19,22). The van der Waals surface area contributed by atoms with Gasteiger partial charge in [0.15, 0.2) is 0 Å². The van der Waals surface area contributed by atoms with Gasteiger partial charge in [0.2, 0.25) is 5.91 Å². The van der Waals surface area contributed by atoms with Gasteiger partial charge in [-0.2, -0.15) is 5.26 Å². The number of hydrogen-bond donors (Lipinski definition) is 1. The Labute approximate surface area is 133 Å². The molecule has 1 unspecified atom stereocenters. The first-order chi connectivity index (χ1) is 10.6. The maximum atomic E-state index is 11.7. The number of rotatable bonds is 2. The lowest BCUT2D eigenvalue weighted by atomic mass is 10.1. The number of nitriles is 1. The second kappa shape index (κ2) is 5.82.